The molecular weight excluding hydrogens is 249 g/mol. The molecule has 1 heterocycles. The Hall–Kier alpha value is -1.95. The molecule has 6 heteroatoms. The number of carbonyl (C=O) groups excluding carboxylic acids is 2. The molecule has 2 rings (SSSR count). The molecule has 5 nitrogen and oxygen atoms in total. The van der Waals surface area contributed by atoms with Gasteiger partial charge in [-0.25, -0.2) is 4.39 Å². The monoisotopic (exact) mass is 265 g/mol. The van der Waals surface area contributed by atoms with Crippen LogP contribution in [0.1, 0.15) is 18.9 Å². The highest BCUT2D eigenvalue weighted by atomic mass is 19.1. The molecule has 1 unspecified atom stereocenters. The van der Waals surface area contributed by atoms with E-state index >= 15 is 0 Å². The molecule has 1 aromatic carbocycles. The third-order valence-corrected chi connectivity index (χ3v) is 3.23. The summed E-state index contributed by atoms with van der Waals surface area (Å²) in [5.41, 5.74) is 6.33. The second kappa shape index (κ2) is 5.36. The van der Waals surface area contributed by atoms with Gasteiger partial charge >= 0.3 is 0 Å². The number of halogens is 1. The minimum absolute atomic E-state index is 0.0473. The fourth-order valence-electron chi connectivity index (χ4n) is 2.22. The van der Waals surface area contributed by atoms with Gasteiger partial charge in [-0.1, -0.05) is 13.0 Å². The Labute approximate surface area is 110 Å². The molecule has 0 spiro atoms. The molecule has 0 bridgehead atoms. The summed E-state index contributed by atoms with van der Waals surface area (Å²) in [6, 6.07) is 4.12. The van der Waals surface area contributed by atoms with Crippen molar-refractivity contribution in [3.8, 4) is 0 Å². The van der Waals surface area contributed by atoms with E-state index in [2.05, 4.69) is 5.32 Å². The quantitative estimate of drug-likeness (QED) is 0.782. The Morgan fingerprint density at radius 2 is 2.21 bits per heavy atom. The van der Waals surface area contributed by atoms with E-state index in [0.717, 1.165) is 0 Å². The number of imide groups is 1. The molecule has 1 aliphatic heterocycles. The predicted octanol–water partition coefficient (Wildman–Crippen LogP) is 0.526. The molecule has 1 atom stereocenters. The van der Waals surface area contributed by atoms with Gasteiger partial charge in [0.25, 0.3) is 0 Å². The zero-order valence-corrected chi connectivity index (χ0v) is 10.6. The number of nitrogens with one attached hydrogen (secondary N) is 1. The van der Waals surface area contributed by atoms with Crippen molar-refractivity contribution >= 4 is 17.5 Å². The summed E-state index contributed by atoms with van der Waals surface area (Å²) in [5, 5.41) is 2.28. The van der Waals surface area contributed by atoms with Gasteiger partial charge in [0, 0.05) is 17.8 Å². The largest absolute Gasteiger partial charge is 0.350 e. The molecule has 0 aliphatic carbocycles. The highest BCUT2D eigenvalue weighted by Crippen LogP contribution is 2.23. The van der Waals surface area contributed by atoms with E-state index in [1.165, 1.54) is 6.07 Å². The summed E-state index contributed by atoms with van der Waals surface area (Å²) in [5.74, 6) is -1.15. The smallest absolute Gasteiger partial charge is 0.249 e. The Kier molecular flexibility index (Phi) is 3.80. The van der Waals surface area contributed by atoms with Crippen LogP contribution in [0, 0.1) is 5.82 Å². The van der Waals surface area contributed by atoms with Gasteiger partial charge in [-0.05, 0) is 18.6 Å². The SMILES string of the molecule is CCC1C(=O)NC(=O)CN1c1ccc(CN)c(F)c1. The topological polar surface area (TPSA) is 75.4 Å². The number of hydrogen-bond donors (Lipinski definition) is 2. The van der Waals surface area contributed by atoms with Gasteiger partial charge in [-0.2, -0.15) is 0 Å². The molecule has 1 saturated heterocycles. The number of nitrogens with two attached hydrogens (primary N) is 1. The first-order valence-corrected chi connectivity index (χ1v) is 6.15. The first-order chi connectivity index (χ1) is 9.06. The first kappa shape index (κ1) is 13.5. The third-order valence-electron chi connectivity index (χ3n) is 3.23. The van der Waals surface area contributed by atoms with E-state index in [0.29, 0.717) is 17.7 Å². The number of rotatable bonds is 3. The van der Waals surface area contributed by atoms with Crippen LogP contribution in [0.2, 0.25) is 0 Å². The molecule has 1 fully saturated rings. The Morgan fingerprint density at radius 3 is 2.79 bits per heavy atom. The normalized spacial score (nSPS) is 19.5. The van der Waals surface area contributed by atoms with E-state index < -0.39 is 11.9 Å². The minimum Gasteiger partial charge on any atom is -0.350 e. The van der Waals surface area contributed by atoms with Crippen LogP contribution in [-0.2, 0) is 16.1 Å². The van der Waals surface area contributed by atoms with E-state index in [4.69, 9.17) is 5.73 Å². The molecular formula is C13H16FN3O2. The van der Waals surface area contributed by atoms with E-state index in [9.17, 15) is 14.0 Å². The van der Waals surface area contributed by atoms with E-state index in [-0.39, 0.29) is 24.9 Å². The second-order valence-corrected chi connectivity index (χ2v) is 4.44. The average Bonchev–Trinajstić information content (AvgIpc) is 2.37. The molecule has 2 amide bonds. The number of amides is 2. The molecule has 19 heavy (non-hydrogen) atoms. The number of nitrogens with zero attached hydrogens (tertiary/aromatic N) is 1. The second-order valence-electron chi connectivity index (χ2n) is 4.44. The molecule has 102 valence electrons. The average molecular weight is 265 g/mol. The number of hydrogen-bond acceptors (Lipinski definition) is 4. The third kappa shape index (κ3) is 2.58. The van der Waals surface area contributed by atoms with Crippen LogP contribution in [0.15, 0.2) is 18.2 Å². The number of piperazine rings is 1. The maximum atomic E-state index is 13.7. The Morgan fingerprint density at radius 1 is 1.47 bits per heavy atom. The first-order valence-electron chi connectivity index (χ1n) is 6.15. The molecule has 0 radical (unpaired) electrons. The number of anilines is 1. The van der Waals surface area contributed by atoms with Gasteiger partial charge in [0.2, 0.25) is 11.8 Å². The summed E-state index contributed by atoms with van der Waals surface area (Å²) < 4.78 is 13.7. The Balaban J connectivity index is 2.35. The maximum absolute atomic E-state index is 13.7. The summed E-state index contributed by atoms with van der Waals surface area (Å²) in [4.78, 5) is 24.8. The van der Waals surface area contributed by atoms with Crippen LogP contribution >= 0.6 is 0 Å². The molecule has 0 saturated carbocycles. The van der Waals surface area contributed by atoms with Crippen molar-refractivity contribution in [1.29, 1.82) is 0 Å². The van der Waals surface area contributed by atoms with Crippen LogP contribution in [0.4, 0.5) is 10.1 Å². The summed E-state index contributed by atoms with van der Waals surface area (Å²) in [6.45, 7) is 2.01. The lowest BCUT2D eigenvalue weighted by atomic mass is 10.1. The maximum Gasteiger partial charge on any atom is 0.249 e. The van der Waals surface area contributed by atoms with Crippen molar-refractivity contribution in [2.45, 2.75) is 25.9 Å². The highest BCUT2D eigenvalue weighted by molar-refractivity contribution is 6.04. The number of benzene rings is 1. The van der Waals surface area contributed by atoms with Crippen molar-refractivity contribution in [2.24, 2.45) is 5.73 Å². The fraction of sp³-hybridized carbons (Fsp3) is 0.385. The van der Waals surface area contributed by atoms with Gasteiger partial charge < -0.3 is 10.6 Å². The fourth-order valence-corrected chi connectivity index (χ4v) is 2.22. The van der Waals surface area contributed by atoms with Crippen LogP contribution in [0.3, 0.4) is 0 Å². The highest BCUT2D eigenvalue weighted by Gasteiger charge is 2.32. The van der Waals surface area contributed by atoms with Crippen molar-refractivity contribution in [3.63, 3.8) is 0 Å². The molecule has 3 N–H and O–H groups in total. The van der Waals surface area contributed by atoms with Gasteiger partial charge in [0.15, 0.2) is 0 Å². The van der Waals surface area contributed by atoms with Crippen molar-refractivity contribution in [1.82, 2.24) is 5.32 Å². The van der Waals surface area contributed by atoms with Crippen LogP contribution in [0.5, 0.6) is 0 Å². The lowest BCUT2D eigenvalue weighted by Crippen LogP contribution is -2.58. The summed E-state index contributed by atoms with van der Waals surface area (Å²) in [6.07, 6.45) is 0.541. The van der Waals surface area contributed by atoms with Crippen LogP contribution in [-0.4, -0.2) is 24.4 Å². The van der Waals surface area contributed by atoms with Crippen LogP contribution < -0.4 is 16.0 Å². The summed E-state index contributed by atoms with van der Waals surface area (Å²) in [7, 11) is 0. The van der Waals surface area contributed by atoms with Gasteiger partial charge in [0.1, 0.15) is 11.9 Å². The number of carbonyl (C=O) groups is 2. The molecule has 0 aromatic heterocycles. The van der Waals surface area contributed by atoms with Gasteiger partial charge in [-0.15, -0.1) is 0 Å². The van der Waals surface area contributed by atoms with Gasteiger partial charge in [0.05, 0.1) is 6.54 Å². The lowest BCUT2D eigenvalue weighted by Gasteiger charge is -2.35. The zero-order valence-electron chi connectivity index (χ0n) is 10.6. The zero-order chi connectivity index (χ0) is 14.0. The predicted molar refractivity (Wildman–Crippen MR) is 68.9 cm³/mol. The minimum atomic E-state index is -0.458. The van der Waals surface area contributed by atoms with Crippen molar-refractivity contribution in [2.75, 3.05) is 11.4 Å². The van der Waals surface area contributed by atoms with Crippen LogP contribution in [0.25, 0.3) is 0 Å². The Bertz CT molecular complexity index is 519. The van der Waals surface area contributed by atoms with Gasteiger partial charge in [-0.3, -0.25) is 14.9 Å². The van der Waals surface area contributed by atoms with E-state index in [1.807, 2.05) is 6.92 Å². The lowest BCUT2D eigenvalue weighted by molar-refractivity contribution is -0.132. The van der Waals surface area contributed by atoms with E-state index in [1.54, 1.807) is 17.0 Å². The molecule has 1 aliphatic rings. The standard InChI is InChI=1S/C13H16FN3O2/c1-2-11-13(19)16-12(18)7-17(11)9-4-3-8(6-15)10(14)5-9/h3-5,11H,2,6-7,15H2,1H3,(H,16,18,19). The molecule has 1 aromatic rings. The van der Waals surface area contributed by atoms with Crippen molar-refractivity contribution < 1.29 is 14.0 Å². The summed E-state index contributed by atoms with van der Waals surface area (Å²) >= 11 is 0. The van der Waals surface area contributed by atoms with Crippen molar-refractivity contribution in [3.05, 3.63) is 29.6 Å².